The van der Waals surface area contributed by atoms with E-state index in [1.165, 1.54) is 0 Å². The Hall–Kier alpha value is -1.39. The van der Waals surface area contributed by atoms with Crippen LogP contribution in [0.4, 0.5) is 0 Å². The molecule has 0 bridgehead atoms. The van der Waals surface area contributed by atoms with Gasteiger partial charge in [-0.3, -0.25) is 0 Å². The second-order valence-corrected chi connectivity index (χ2v) is 4.23. The van der Waals surface area contributed by atoms with Crippen LogP contribution >= 0.6 is 11.6 Å². The number of hydrogen-bond donors (Lipinski definition) is 0. The van der Waals surface area contributed by atoms with Crippen molar-refractivity contribution in [1.82, 2.24) is 14.8 Å². The van der Waals surface area contributed by atoms with Crippen molar-refractivity contribution in [2.45, 2.75) is 13.5 Å². The largest absolute Gasteiger partial charge is 0.383 e. The van der Waals surface area contributed by atoms with Crippen molar-refractivity contribution < 1.29 is 4.74 Å². The van der Waals surface area contributed by atoms with E-state index in [2.05, 4.69) is 10.2 Å². The lowest BCUT2D eigenvalue weighted by atomic mass is 10.1. The fraction of sp³-hybridized carbons (Fsp3) is 0.333. The van der Waals surface area contributed by atoms with E-state index in [0.717, 1.165) is 17.0 Å². The summed E-state index contributed by atoms with van der Waals surface area (Å²) in [7, 11) is 1.67. The van der Waals surface area contributed by atoms with E-state index in [0.29, 0.717) is 18.2 Å². The summed E-state index contributed by atoms with van der Waals surface area (Å²) in [6.07, 6.45) is 1.69. The number of aromatic nitrogens is 3. The lowest BCUT2D eigenvalue weighted by Crippen LogP contribution is -2.05. The van der Waals surface area contributed by atoms with E-state index in [1.54, 1.807) is 13.4 Å². The van der Waals surface area contributed by atoms with Crippen molar-refractivity contribution >= 4 is 11.6 Å². The molecule has 2 rings (SSSR count). The molecule has 1 aromatic carbocycles. The second kappa shape index (κ2) is 5.29. The molecule has 1 heterocycles. The van der Waals surface area contributed by atoms with Gasteiger partial charge in [0.15, 0.2) is 5.82 Å². The number of rotatable bonds is 4. The Bertz CT molecular complexity index is 510. The van der Waals surface area contributed by atoms with Crippen LogP contribution in [0.25, 0.3) is 11.4 Å². The Balaban J connectivity index is 2.35. The molecular weight excluding hydrogens is 238 g/mol. The fourth-order valence-corrected chi connectivity index (χ4v) is 1.94. The van der Waals surface area contributed by atoms with Gasteiger partial charge >= 0.3 is 0 Å². The third-order valence-corrected chi connectivity index (χ3v) is 2.83. The van der Waals surface area contributed by atoms with Gasteiger partial charge in [0.25, 0.3) is 0 Å². The van der Waals surface area contributed by atoms with Crippen LogP contribution < -0.4 is 0 Å². The topological polar surface area (TPSA) is 39.9 Å². The van der Waals surface area contributed by atoms with Gasteiger partial charge in [-0.25, -0.2) is 0 Å². The zero-order valence-electron chi connectivity index (χ0n) is 9.85. The molecule has 0 saturated heterocycles. The predicted molar refractivity (Wildman–Crippen MR) is 67.1 cm³/mol. The SMILES string of the molecule is COCCn1cnnc1-c1ccc(C)cc1Cl. The molecule has 4 nitrogen and oxygen atoms in total. The number of halogens is 1. The van der Waals surface area contributed by atoms with E-state index in [4.69, 9.17) is 16.3 Å². The van der Waals surface area contributed by atoms with Crippen molar-refractivity contribution in [2.75, 3.05) is 13.7 Å². The van der Waals surface area contributed by atoms with Gasteiger partial charge < -0.3 is 9.30 Å². The number of hydrogen-bond acceptors (Lipinski definition) is 3. The first-order chi connectivity index (χ1) is 8.22. The smallest absolute Gasteiger partial charge is 0.165 e. The first-order valence-electron chi connectivity index (χ1n) is 5.35. The number of aryl methyl sites for hydroxylation is 1. The van der Waals surface area contributed by atoms with Gasteiger partial charge in [0.1, 0.15) is 6.33 Å². The fourth-order valence-electron chi connectivity index (χ4n) is 1.62. The summed E-state index contributed by atoms with van der Waals surface area (Å²) in [6, 6.07) is 5.90. The maximum atomic E-state index is 6.21. The zero-order chi connectivity index (χ0) is 12.3. The average molecular weight is 252 g/mol. The van der Waals surface area contributed by atoms with E-state index in [-0.39, 0.29) is 0 Å². The van der Waals surface area contributed by atoms with Crippen molar-refractivity contribution in [3.8, 4) is 11.4 Å². The van der Waals surface area contributed by atoms with Crippen molar-refractivity contribution in [3.63, 3.8) is 0 Å². The molecule has 1 aromatic heterocycles. The normalized spacial score (nSPS) is 10.8. The summed E-state index contributed by atoms with van der Waals surface area (Å²) in [5.74, 6) is 0.770. The molecule has 0 N–H and O–H groups in total. The van der Waals surface area contributed by atoms with Crippen molar-refractivity contribution in [2.24, 2.45) is 0 Å². The highest BCUT2D eigenvalue weighted by Gasteiger charge is 2.10. The van der Waals surface area contributed by atoms with Crippen LogP contribution in [0.15, 0.2) is 24.5 Å². The van der Waals surface area contributed by atoms with Crippen LogP contribution in [0.1, 0.15) is 5.56 Å². The van der Waals surface area contributed by atoms with Gasteiger partial charge in [0.2, 0.25) is 0 Å². The Morgan fingerprint density at radius 3 is 2.94 bits per heavy atom. The number of nitrogens with zero attached hydrogens (tertiary/aromatic N) is 3. The first kappa shape index (κ1) is 12.1. The highest BCUT2D eigenvalue weighted by atomic mass is 35.5. The summed E-state index contributed by atoms with van der Waals surface area (Å²) in [4.78, 5) is 0. The standard InChI is InChI=1S/C12H14ClN3O/c1-9-3-4-10(11(13)7-9)12-15-14-8-16(12)5-6-17-2/h3-4,7-8H,5-6H2,1-2H3. The van der Waals surface area contributed by atoms with Crippen molar-refractivity contribution in [1.29, 1.82) is 0 Å². The van der Waals surface area contributed by atoms with Gasteiger partial charge in [0.05, 0.1) is 11.6 Å². The molecule has 0 aliphatic heterocycles. The van der Waals surface area contributed by atoms with Gasteiger partial charge in [-0.2, -0.15) is 0 Å². The monoisotopic (exact) mass is 251 g/mol. The Morgan fingerprint density at radius 1 is 1.41 bits per heavy atom. The van der Waals surface area contributed by atoms with E-state index in [9.17, 15) is 0 Å². The minimum absolute atomic E-state index is 0.620. The van der Waals surface area contributed by atoms with Gasteiger partial charge in [0, 0.05) is 19.2 Å². The van der Waals surface area contributed by atoms with Crippen LogP contribution in [0.5, 0.6) is 0 Å². The van der Waals surface area contributed by atoms with E-state index in [1.807, 2.05) is 29.7 Å². The van der Waals surface area contributed by atoms with Crippen LogP contribution in [-0.2, 0) is 11.3 Å². The molecule has 0 fully saturated rings. The van der Waals surface area contributed by atoms with Gasteiger partial charge in [-0.05, 0) is 24.6 Å². The Labute approximate surface area is 105 Å². The number of ether oxygens (including phenoxy) is 1. The summed E-state index contributed by atoms with van der Waals surface area (Å²) < 4.78 is 6.98. The second-order valence-electron chi connectivity index (χ2n) is 3.82. The summed E-state index contributed by atoms with van der Waals surface area (Å²) in [5, 5.41) is 8.71. The van der Waals surface area contributed by atoms with Crippen LogP contribution in [-0.4, -0.2) is 28.5 Å². The molecule has 0 aliphatic carbocycles. The minimum atomic E-state index is 0.620. The summed E-state index contributed by atoms with van der Waals surface area (Å²) in [5.41, 5.74) is 2.02. The minimum Gasteiger partial charge on any atom is -0.383 e. The molecule has 0 aliphatic rings. The molecule has 0 unspecified atom stereocenters. The molecule has 0 radical (unpaired) electrons. The van der Waals surface area contributed by atoms with Crippen LogP contribution in [0, 0.1) is 6.92 Å². The molecular formula is C12H14ClN3O. The molecule has 90 valence electrons. The maximum absolute atomic E-state index is 6.21. The van der Waals surface area contributed by atoms with Crippen molar-refractivity contribution in [3.05, 3.63) is 35.1 Å². The van der Waals surface area contributed by atoms with Crippen LogP contribution in [0.2, 0.25) is 5.02 Å². The average Bonchev–Trinajstić information content (AvgIpc) is 2.74. The Kier molecular flexibility index (Phi) is 3.76. The molecule has 17 heavy (non-hydrogen) atoms. The highest BCUT2D eigenvalue weighted by molar-refractivity contribution is 6.33. The third-order valence-electron chi connectivity index (χ3n) is 2.52. The number of methoxy groups -OCH3 is 1. The maximum Gasteiger partial charge on any atom is 0.165 e. The molecule has 5 heteroatoms. The lowest BCUT2D eigenvalue weighted by Gasteiger charge is -2.07. The molecule has 0 spiro atoms. The third kappa shape index (κ3) is 2.65. The Morgan fingerprint density at radius 2 is 2.24 bits per heavy atom. The predicted octanol–water partition coefficient (Wildman–Crippen LogP) is 2.55. The zero-order valence-corrected chi connectivity index (χ0v) is 10.6. The molecule has 0 amide bonds. The van der Waals surface area contributed by atoms with Gasteiger partial charge in [-0.15, -0.1) is 10.2 Å². The summed E-state index contributed by atoms with van der Waals surface area (Å²) in [6.45, 7) is 3.34. The van der Waals surface area contributed by atoms with E-state index < -0.39 is 0 Å². The first-order valence-corrected chi connectivity index (χ1v) is 5.73. The highest BCUT2D eigenvalue weighted by Crippen LogP contribution is 2.26. The summed E-state index contributed by atoms with van der Waals surface area (Å²) >= 11 is 6.21. The number of benzene rings is 1. The molecule has 0 saturated carbocycles. The molecule has 2 aromatic rings. The van der Waals surface area contributed by atoms with Gasteiger partial charge in [-0.1, -0.05) is 17.7 Å². The lowest BCUT2D eigenvalue weighted by molar-refractivity contribution is 0.187. The van der Waals surface area contributed by atoms with E-state index >= 15 is 0 Å². The molecule has 0 atom stereocenters. The quantitative estimate of drug-likeness (QED) is 0.839. The van der Waals surface area contributed by atoms with Crippen LogP contribution in [0.3, 0.4) is 0 Å².